The molecule has 0 unspecified atom stereocenters. The zero-order valence-electron chi connectivity index (χ0n) is 13.5. The lowest BCUT2D eigenvalue weighted by Crippen LogP contribution is -2.06. The Morgan fingerprint density at radius 2 is 1.83 bits per heavy atom. The summed E-state index contributed by atoms with van der Waals surface area (Å²) in [7, 11) is 1.55. The Hall–Kier alpha value is -2.49. The van der Waals surface area contributed by atoms with E-state index < -0.39 is 0 Å². The zero-order valence-corrected chi connectivity index (χ0v) is 13.5. The fraction of sp³-hybridized carbons (Fsp3) is 0.316. The van der Waals surface area contributed by atoms with Crippen molar-refractivity contribution in [2.75, 3.05) is 13.7 Å². The number of phenolic OH excluding ortho intramolecular Hbond substituents is 1. The highest BCUT2D eigenvalue weighted by molar-refractivity contribution is 5.77. The van der Waals surface area contributed by atoms with Crippen LogP contribution in [0.25, 0.3) is 0 Å². The van der Waals surface area contributed by atoms with Crippen LogP contribution in [0.15, 0.2) is 42.5 Å². The minimum atomic E-state index is 0.0108. The number of aryl methyl sites for hydroxylation is 2. The molecule has 0 aliphatic rings. The van der Waals surface area contributed by atoms with Crippen LogP contribution in [0.4, 0.5) is 0 Å². The number of benzene rings is 2. The summed E-state index contributed by atoms with van der Waals surface area (Å²) in [5.74, 6) is 1.40. The SMILES string of the molecule is COc1cc(CCCc2cccc(OCC(C)=O)c2)ccc1O. The second kappa shape index (κ2) is 8.22. The second-order valence-corrected chi connectivity index (χ2v) is 5.50. The van der Waals surface area contributed by atoms with Crippen molar-refractivity contribution in [2.45, 2.75) is 26.2 Å². The van der Waals surface area contributed by atoms with E-state index in [4.69, 9.17) is 9.47 Å². The normalized spacial score (nSPS) is 10.3. The molecule has 0 aliphatic heterocycles. The Bertz CT molecular complexity index is 664. The van der Waals surface area contributed by atoms with Crippen molar-refractivity contribution in [3.8, 4) is 17.2 Å². The fourth-order valence-electron chi connectivity index (χ4n) is 2.35. The maximum Gasteiger partial charge on any atom is 0.167 e. The summed E-state index contributed by atoms with van der Waals surface area (Å²) in [5, 5.41) is 9.60. The van der Waals surface area contributed by atoms with Crippen LogP contribution in [0.5, 0.6) is 17.2 Å². The number of carbonyl (C=O) groups is 1. The molecule has 0 saturated carbocycles. The number of rotatable bonds is 8. The number of Topliss-reactive ketones (excluding diaryl/α,β-unsaturated/α-hetero) is 1. The van der Waals surface area contributed by atoms with E-state index >= 15 is 0 Å². The van der Waals surface area contributed by atoms with E-state index in [2.05, 4.69) is 6.07 Å². The van der Waals surface area contributed by atoms with E-state index in [1.54, 1.807) is 13.2 Å². The minimum absolute atomic E-state index is 0.0108. The summed E-state index contributed by atoms with van der Waals surface area (Å²) in [5.41, 5.74) is 2.31. The third-order valence-corrected chi connectivity index (χ3v) is 3.52. The van der Waals surface area contributed by atoms with Crippen LogP contribution in [-0.4, -0.2) is 24.6 Å². The van der Waals surface area contributed by atoms with Gasteiger partial charge in [0.2, 0.25) is 0 Å². The number of carbonyl (C=O) groups excluding carboxylic acids is 1. The van der Waals surface area contributed by atoms with E-state index in [9.17, 15) is 9.90 Å². The van der Waals surface area contributed by atoms with Crippen molar-refractivity contribution in [3.63, 3.8) is 0 Å². The monoisotopic (exact) mass is 314 g/mol. The molecule has 0 radical (unpaired) electrons. The smallest absolute Gasteiger partial charge is 0.167 e. The first-order valence-corrected chi connectivity index (χ1v) is 7.65. The molecule has 0 aliphatic carbocycles. The van der Waals surface area contributed by atoms with Crippen molar-refractivity contribution in [3.05, 3.63) is 53.6 Å². The number of hydrogen-bond acceptors (Lipinski definition) is 4. The van der Waals surface area contributed by atoms with Gasteiger partial charge in [-0.2, -0.15) is 0 Å². The first-order chi connectivity index (χ1) is 11.1. The molecule has 0 saturated heterocycles. The molecule has 0 bridgehead atoms. The molecule has 23 heavy (non-hydrogen) atoms. The van der Waals surface area contributed by atoms with E-state index in [0.717, 1.165) is 30.6 Å². The Morgan fingerprint density at radius 3 is 2.52 bits per heavy atom. The molecule has 0 amide bonds. The van der Waals surface area contributed by atoms with Gasteiger partial charge in [0.25, 0.3) is 0 Å². The van der Waals surface area contributed by atoms with Gasteiger partial charge in [-0.05, 0) is 61.6 Å². The molecule has 0 aromatic heterocycles. The van der Waals surface area contributed by atoms with Crippen LogP contribution in [0.3, 0.4) is 0 Å². The topological polar surface area (TPSA) is 55.8 Å². The number of hydrogen-bond donors (Lipinski definition) is 1. The maximum atomic E-state index is 11.0. The van der Waals surface area contributed by atoms with Gasteiger partial charge in [0.05, 0.1) is 7.11 Å². The van der Waals surface area contributed by atoms with Crippen molar-refractivity contribution >= 4 is 5.78 Å². The van der Waals surface area contributed by atoms with Gasteiger partial charge in [0, 0.05) is 0 Å². The third kappa shape index (κ3) is 5.33. The van der Waals surface area contributed by atoms with Gasteiger partial charge in [-0.15, -0.1) is 0 Å². The number of methoxy groups -OCH3 is 1. The van der Waals surface area contributed by atoms with Crippen LogP contribution >= 0.6 is 0 Å². The van der Waals surface area contributed by atoms with Crippen LogP contribution in [0, 0.1) is 0 Å². The molecule has 122 valence electrons. The third-order valence-electron chi connectivity index (χ3n) is 3.52. The molecule has 2 rings (SSSR count). The number of ketones is 1. The summed E-state index contributed by atoms with van der Waals surface area (Å²) in [4.78, 5) is 11.0. The number of phenols is 1. The van der Waals surface area contributed by atoms with Crippen LogP contribution < -0.4 is 9.47 Å². The average Bonchev–Trinajstić information content (AvgIpc) is 2.55. The quantitative estimate of drug-likeness (QED) is 0.809. The van der Waals surface area contributed by atoms with E-state index in [1.807, 2.05) is 30.3 Å². The lowest BCUT2D eigenvalue weighted by molar-refractivity contribution is -0.118. The molecule has 0 atom stereocenters. The highest BCUT2D eigenvalue weighted by atomic mass is 16.5. The van der Waals surface area contributed by atoms with Crippen molar-refractivity contribution in [2.24, 2.45) is 0 Å². The van der Waals surface area contributed by atoms with Gasteiger partial charge in [-0.25, -0.2) is 0 Å². The first kappa shape index (κ1) is 16.9. The van der Waals surface area contributed by atoms with Gasteiger partial charge in [-0.3, -0.25) is 4.79 Å². The standard InChI is InChI=1S/C19H22O4/c1-14(20)13-23-17-8-4-7-15(11-17)5-3-6-16-9-10-18(21)19(12-16)22-2/h4,7-12,21H,3,5-6,13H2,1-2H3. The summed E-state index contributed by atoms with van der Waals surface area (Å²) in [6, 6.07) is 13.3. The Balaban J connectivity index is 1.88. The summed E-state index contributed by atoms with van der Waals surface area (Å²) in [6.45, 7) is 1.62. The highest BCUT2D eigenvalue weighted by Gasteiger charge is 2.04. The predicted octanol–water partition coefficient (Wildman–Crippen LogP) is 3.54. The molecule has 2 aromatic rings. The van der Waals surface area contributed by atoms with E-state index in [0.29, 0.717) is 5.75 Å². The lowest BCUT2D eigenvalue weighted by Gasteiger charge is -2.08. The number of aromatic hydroxyl groups is 1. The maximum absolute atomic E-state index is 11.0. The summed E-state index contributed by atoms with van der Waals surface area (Å²) >= 11 is 0. The summed E-state index contributed by atoms with van der Waals surface area (Å²) in [6.07, 6.45) is 2.79. The largest absolute Gasteiger partial charge is 0.504 e. The molecule has 4 heteroatoms. The Morgan fingerprint density at radius 1 is 1.09 bits per heavy atom. The second-order valence-electron chi connectivity index (χ2n) is 5.50. The molecule has 0 heterocycles. The minimum Gasteiger partial charge on any atom is -0.504 e. The van der Waals surface area contributed by atoms with Gasteiger partial charge in [0.15, 0.2) is 17.3 Å². The van der Waals surface area contributed by atoms with Gasteiger partial charge < -0.3 is 14.6 Å². The van der Waals surface area contributed by atoms with Crippen LogP contribution in [-0.2, 0) is 17.6 Å². The molecule has 0 fully saturated rings. The fourth-order valence-corrected chi connectivity index (χ4v) is 2.35. The van der Waals surface area contributed by atoms with Gasteiger partial charge >= 0.3 is 0 Å². The van der Waals surface area contributed by atoms with Crippen molar-refractivity contribution < 1.29 is 19.4 Å². The highest BCUT2D eigenvalue weighted by Crippen LogP contribution is 2.27. The van der Waals surface area contributed by atoms with Gasteiger partial charge in [-0.1, -0.05) is 18.2 Å². The molecule has 1 N–H and O–H groups in total. The molecule has 4 nitrogen and oxygen atoms in total. The molecular formula is C19H22O4. The zero-order chi connectivity index (χ0) is 16.7. The lowest BCUT2D eigenvalue weighted by atomic mass is 10.0. The predicted molar refractivity (Wildman–Crippen MR) is 89.3 cm³/mol. The number of ether oxygens (including phenoxy) is 2. The van der Waals surface area contributed by atoms with E-state index in [-0.39, 0.29) is 18.1 Å². The average molecular weight is 314 g/mol. The van der Waals surface area contributed by atoms with E-state index in [1.165, 1.54) is 12.5 Å². The van der Waals surface area contributed by atoms with Gasteiger partial charge in [0.1, 0.15) is 12.4 Å². The molecule has 2 aromatic carbocycles. The molecule has 0 spiro atoms. The van der Waals surface area contributed by atoms with Crippen LogP contribution in [0.2, 0.25) is 0 Å². The molecular weight excluding hydrogens is 292 g/mol. The van der Waals surface area contributed by atoms with Crippen LogP contribution in [0.1, 0.15) is 24.5 Å². The first-order valence-electron chi connectivity index (χ1n) is 7.65. The van der Waals surface area contributed by atoms with Crippen molar-refractivity contribution in [1.29, 1.82) is 0 Å². The summed E-state index contributed by atoms with van der Waals surface area (Å²) < 4.78 is 10.5. The van der Waals surface area contributed by atoms with Crippen molar-refractivity contribution in [1.82, 2.24) is 0 Å². The Labute approximate surface area is 136 Å². The Kier molecular flexibility index (Phi) is 6.03.